The van der Waals surface area contributed by atoms with Crippen molar-refractivity contribution in [1.82, 2.24) is 4.98 Å². The summed E-state index contributed by atoms with van der Waals surface area (Å²) in [5, 5.41) is 2.84. The summed E-state index contributed by atoms with van der Waals surface area (Å²) < 4.78 is 42.4. The Kier molecular flexibility index (Phi) is 6.37. The predicted octanol–water partition coefficient (Wildman–Crippen LogP) is 3.98. The lowest BCUT2D eigenvalue weighted by Gasteiger charge is -2.10. The highest BCUT2D eigenvalue weighted by atomic mass is 35.5. The monoisotopic (exact) mass is 296 g/mol. The lowest BCUT2D eigenvalue weighted by molar-refractivity contribution is -0.137. The summed E-state index contributed by atoms with van der Waals surface area (Å²) in [4.78, 5) is 3.67. The first kappa shape index (κ1) is 16.0. The van der Waals surface area contributed by atoms with Gasteiger partial charge in [0.1, 0.15) is 5.82 Å². The second-order valence-corrected chi connectivity index (χ2v) is 4.35. The van der Waals surface area contributed by atoms with E-state index in [-0.39, 0.29) is 10.8 Å². The molecule has 0 radical (unpaired) electrons. The molecular weight excluding hydrogens is 281 g/mol. The second-order valence-electron chi connectivity index (χ2n) is 3.94. The third-order valence-electron chi connectivity index (χ3n) is 2.27. The lowest BCUT2D eigenvalue weighted by atomic mass is 10.3. The molecule has 0 unspecified atom stereocenters. The number of rotatable bonds is 7. The van der Waals surface area contributed by atoms with Gasteiger partial charge in [-0.05, 0) is 18.9 Å². The molecule has 0 aromatic carbocycles. The quantitative estimate of drug-likeness (QED) is 0.773. The minimum absolute atomic E-state index is 0.0377. The van der Waals surface area contributed by atoms with Crippen LogP contribution in [0.15, 0.2) is 12.3 Å². The molecule has 1 aromatic heterocycles. The van der Waals surface area contributed by atoms with E-state index >= 15 is 0 Å². The molecule has 1 rings (SSSR count). The van der Waals surface area contributed by atoms with Gasteiger partial charge < -0.3 is 10.1 Å². The fourth-order valence-electron chi connectivity index (χ4n) is 1.35. The largest absolute Gasteiger partial charge is 0.417 e. The summed E-state index contributed by atoms with van der Waals surface area (Å²) in [6, 6.07) is 0.866. The topological polar surface area (TPSA) is 34.1 Å². The molecule has 108 valence electrons. The minimum atomic E-state index is -4.43. The van der Waals surface area contributed by atoms with E-state index in [1.807, 2.05) is 6.92 Å². The molecule has 3 nitrogen and oxygen atoms in total. The molecule has 0 atom stereocenters. The van der Waals surface area contributed by atoms with Gasteiger partial charge in [0.15, 0.2) is 0 Å². The Balaban J connectivity index is 2.43. The maximum atomic E-state index is 12.4. The van der Waals surface area contributed by atoms with Crippen LogP contribution in [-0.4, -0.2) is 24.7 Å². The van der Waals surface area contributed by atoms with Gasteiger partial charge in [0.05, 0.1) is 10.6 Å². The van der Waals surface area contributed by atoms with Crippen LogP contribution in [0.5, 0.6) is 0 Å². The summed E-state index contributed by atoms with van der Waals surface area (Å²) in [6.07, 6.45) is -1.97. The van der Waals surface area contributed by atoms with Crippen molar-refractivity contribution in [2.75, 3.05) is 25.1 Å². The van der Waals surface area contributed by atoms with Gasteiger partial charge in [0.25, 0.3) is 0 Å². The summed E-state index contributed by atoms with van der Waals surface area (Å²) >= 11 is 5.74. The average molecular weight is 297 g/mol. The normalized spacial score (nSPS) is 11.6. The Morgan fingerprint density at radius 1 is 1.37 bits per heavy atom. The van der Waals surface area contributed by atoms with E-state index in [2.05, 4.69) is 10.3 Å². The smallest absolute Gasteiger partial charge is 0.381 e. The third-order valence-corrected chi connectivity index (χ3v) is 2.56. The molecule has 1 N–H and O–H groups in total. The van der Waals surface area contributed by atoms with Crippen LogP contribution in [0, 0.1) is 0 Å². The van der Waals surface area contributed by atoms with Crippen molar-refractivity contribution < 1.29 is 17.9 Å². The van der Waals surface area contributed by atoms with Gasteiger partial charge in [0, 0.05) is 26.0 Å². The molecule has 0 aliphatic carbocycles. The minimum Gasteiger partial charge on any atom is -0.381 e. The van der Waals surface area contributed by atoms with Crippen LogP contribution in [0.3, 0.4) is 0 Å². The predicted molar refractivity (Wildman–Crippen MR) is 68.5 cm³/mol. The molecule has 1 aromatic rings. The molecule has 1 heterocycles. The van der Waals surface area contributed by atoms with Crippen LogP contribution in [0.2, 0.25) is 5.02 Å². The van der Waals surface area contributed by atoms with Crippen molar-refractivity contribution in [2.24, 2.45) is 0 Å². The van der Waals surface area contributed by atoms with Crippen molar-refractivity contribution in [3.63, 3.8) is 0 Å². The van der Waals surface area contributed by atoms with E-state index in [1.165, 1.54) is 0 Å². The number of alkyl halides is 3. The van der Waals surface area contributed by atoms with E-state index in [9.17, 15) is 13.2 Å². The highest BCUT2D eigenvalue weighted by Crippen LogP contribution is 2.32. The first-order valence-corrected chi connectivity index (χ1v) is 6.37. The second kappa shape index (κ2) is 7.55. The number of halogens is 4. The Morgan fingerprint density at radius 3 is 2.68 bits per heavy atom. The Morgan fingerprint density at radius 2 is 2.11 bits per heavy atom. The fourth-order valence-corrected chi connectivity index (χ4v) is 1.58. The number of hydrogen-bond donors (Lipinski definition) is 1. The molecule has 0 saturated heterocycles. The number of anilines is 1. The van der Waals surface area contributed by atoms with E-state index in [0.29, 0.717) is 19.8 Å². The molecule has 0 fully saturated rings. The third kappa shape index (κ3) is 5.65. The Labute approximate surface area is 115 Å². The first-order chi connectivity index (χ1) is 8.95. The lowest BCUT2D eigenvalue weighted by Crippen LogP contribution is -2.10. The molecule has 0 saturated carbocycles. The van der Waals surface area contributed by atoms with Crippen molar-refractivity contribution >= 4 is 17.4 Å². The number of nitrogens with one attached hydrogen (secondary N) is 1. The summed E-state index contributed by atoms with van der Waals surface area (Å²) in [6.45, 7) is 3.87. The van der Waals surface area contributed by atoms with Crippen LogP contribution in [0.4, 0.5) is 19.0 Å². The van der Waals surface area contributed by atoms with E-state index < -0.39 is 11.7 Å². The van der Waals surface area contributed by atoms with Crippen molar-refractivity contribution in [3.8, 4) is 0 Å². The number of nitrogens with zero attached hydrogens (tertiary/aromatic N) is 1. The molecule has 0 spiro atoms. The highest BCUT2D eigenvalue weighted by molar-refractivity contribution is 6.32. The molecule has 0 aliphatic heterocycles. The van der Waals surface area contributed by atoms with Gasteiger partial charge in [-0.2, -0.15) is 13.2 Å². The standard InChI is InChI=1S/C12H16ClF3N2O/c1-2-5-19-6-3-4-17-11-10(13)7-9(8-18-11)12(14,15)16/h7-8H,2-6H2,1H3,(H,17,18). The summed E-state index contributed by atoms with van der Waals surface area (Å²) in [5.74, 6) is 0.255. The number of pyridine rings is 1. The van der Waals surface area contributed by atoms with Gasteiger partial charge in [0.2, 0.25) is 0 Å². The fraction of sp³-hybridized carbons (Fsp3) is 0.583. The van der Waals surface area contributed by atoms with Crippen molar-refractivity contribution in [2.45, 2.75) is 25.9 Å². The van der Waals surface area contributed by atoms with Crippen LogP contribution in [-0.2, 0) is 10.9 Å². The van der Waals surface area contributed by atoms with Crippen LogP contribution in [0.1, 0.15) is 25.3 Å². The van der Waals surface area contributed by atoms with Gasteiger partial charge in [-0.15, -0.1) is 0 Å². The van der Waals surface area contributed by atoms with Crippen LogP contribution in [0.25, 0.3) is 0 Å². The van der Waals surface area contributed by atoms with Gasteiger partial charge in [-0.3, -0.25) is 0 Å². The maximum absolute atomic E-state index is 12.4. The Bertz CT molecular complexity index is 399. The van der Waals surface area contributed by atoms with E-state index in [1.54, 1.807) is 0 Å². The first-order valence-electron chi connectivity index (χ1n) is 5.99. The zero-order chi connectivity index (χ0) is 14.3. The summed E-state index contributed by atoms with van der Waals surface area (Å²) in [5.41, 5.74) is -0.852. The molecule has 7 heteroatoms. The van der Waals surface area contributed by atoms with Crippen LogP contribution >= 0.6 is 11.6 Å². The number of hydrogen-bond acceptors (Lipinski definition) is 3. The zero-order valence-corrected chi connectivity index (χ0v) is 11.3. The Hall–Kier alpha value is -1.01. The van der Waals surface area contributed by atoms with Crippen molar-refractivity contribution in [3.05, 3.63) is 22.8 Å². The SMILES string of the molecule is CCCOCCCNc1ncc(C(F)(F)F)cc1Cl. The zero-order valence-electron chi connectivity index (χ0n) is 10.6. The number of ether oxygens (including phenoxy) is 1. The van der Waals surface area contributed by atoms with Gasteiger partial charge in [-0.1, -0.05) is 18.5 Å². The molecule has 19 heavy (non-hydrogen) atoms. The molecule has 0 amide bonds. The van der Waals surface area contributed by atoms with E-state index in [4.69, 9.17) is 16.3 Å². The molecule has 0 aliphatic rings. The maximum Gasteiger partial charge on any atom is 0.417 e. The van der Waals surface area contributed by atoms with Gasteiger partial charge in [-0.25, -0.2) is 4.98 Å². The highest BCUT2D eigenvalue weighted by Gasteiger charge is 2.31. The summed E-state index contributed by atoms with van der Waals surface area (Å²) in [7, 11) is 0. The average Bonchev–Trinajstić information content (AvgIpc) is 2.34. The molecule has 0 bridgehead atoms. The number of aromatic nitrogens is 1. The van der Waals surface area contributed by atoms with Gasteiger partial charge >= 0.3 is 6.18 Å². The van der Waals surface area contributed by atoms with Crippen LogP contribution < -0.4 is 5.32 Å². The van der Waals surface area contributed by atoms with Crippen molar-refractivity contribution in [1.29, 1.82) is 0 Å². The molecular formula is C12H16ClF3N2O. The van der Waals surface area contributed by atoms with E-state index in [0.717, 1.165) is 25.1 Å².